The Morgan fingerprint density at radius 3 is 2.40 bits per heavy atom. The number of esters is 1. The fourth-order valence-electron chi connectivity index (χ4n) is 2.42. The average Bonchev–Trinajstić information content (AvgIpc) is 2.75. The van der Waals surface area contributed by atoms with Gasteiger partial charge in [0.15, 0.2) is 0 Å². The zero-order valence-corrected chi connectivity index (χ0v) is 18.4. The van der Waals surface area contributed by atoms with E-state index in [-0.39, 0.29) is 12.6 Å². The molecule has 0 aliphatic rings. The van der Waals surface area contributed by atoms with Crippen molar-refractivity contribution in [2.75, 3.05) is 13.2 Å². The van der Waals surface area contributed by atoms with E-state index in [1.54, 1.807) is 6.08 Å². The van der Waals surface area contributed by atoms with Crippen molar-refractivity contribution in [3.05, 3.63) is 60.8 Å². The molecule has 2 atom stereocenters. The van der Waals surface area contributed by atoms with Crippen LogP contribution in [0.1, 0.15) is 64.7 Å². The van der Waals surface area contributed by atoms with Crippen LogP contribution in [0, 0.1) is 0 Å². The van der Waals surface area contributed by atoms with Crippen LogP contribution in [0.25, 0.3) is 0 Å². The molecule has 0 amide bonds. The van der Waals surface area contributed by atoms with Crippen LogP contribution in [0.5, 0.6) is 0 Å². The van der Waals surface area contributed by atoms with Gasteiger partial charge in [-0.2, -0.15) is 0 Å². The highest BCUT2D eigenvalue weighted by molar-refractivity contribution is 5.69. The van der Waals surface area contributed by atoms with E-state index in [9.17, 15) is 9.90 Å². The summed E-state index contributed by atoms with van der Waals surface area (Å²) in [4.78, 5) is 11.4. The van der Waals surface area contributed by atoms with Crippen molar-refractivity contribution in [2.45, 2.75) is 76.9 Å². The summed E-state index contributed by atoms with van der Waals surface area (Å²) >= 11 is 0. The molecule has 0 spiro atoms. The molecule has 3 N–H and O–H groups in total. The van der Waals surface area contributed by atoms with E-state index in [2.05, 4.69) is 37.3 Å². The zero-order chi connectivity index (χ0) is 22.3. The maximum absolute atomic E-state index is 11.4. The number of ether oxygens (including phenoxy) is 1. The SMILES string of the molecule is CCC=CCC=CCC(O)C=CC=CCC=CCCCCCC(=O)OCC(O)CO. The van der Waals surface area contributed by atoms with Crippen molar-refractivity contribution < 1.29 is 24.9 Å². The molecule has 0 rings (SSSR count). The highest BCUT2D eigenvalue weighted by Crippen LogP contribution is 2.05. The van der Waals surface area contributed by atoms with Gasteiger partial charge in [0.05, 0.1) is 12.7 Å². The molecule has 0 fully saturated rings. The normalized spacial score (nSPS) is 14.7. The third-order valence-electron chi connectivity index (χ3n) is 4.14. The number of hydrogen-bond donors (Lipinski definition) is 3. The Hall–Kier alpha value is -1.95. The van der Waals surface area contributed by atoms with E-state index >= 15 is 0 Å². The zero-order valence-electron chi connectivity index (χ0n) is 18.4. The van der Waals surface area contributed by atoms with Gasteiger partial charge >= 0.3 is 5.97 Å². The fraction of sp³-hybridized carbons (Fsp3) is 0.560. The first-order valence-corrected chi connectivity index (χ1v) is 11.0. The first-order valence-electron chi connectivity index (χ1n) is 11.0. The number of hydrogen-bond acceptors (Lipinski definition) is 5. The lowest BCUT2D eigenvalue weighted by Crippen LogP contribution is -2.21. The second kappa shape index (κ2) is 21.8. The average molecular weight is 421 g/mol. The second-order valence-corrected chi connectivity index (χ2v) is 7.03. The van der Waals surface area contributed by atoms with Crippen LogP contribution in [0.4, 0.5) is 0 Å². The number of allylic oxidation sites excluding steroid dienone is 8. The van der Waals surface area contributed by atoms with Crippen molar-refractivity contribution in [3.8, 4) is 0 Å². The Kier molecular flexibility index (Phi) is 20.3. The minimum atomic E-state index is -0.992. The molecule has 0 bridgehead atoms. The fourth-order valence-corrected chi connectivity index (χ4v) is 2.42. The molecule has 5 heteroatoms. The van der Waals surface area contributed by atoms with E-state index in [4.69, 9.17) is 14.9 Å². The summed E-state index contributed by atoms with van der Waals surface area (Å²) in [6, 6.07) is 0. The van der Waals surface area contributed by atoms with Gasteiger partial charge in [0, 0.05) is 6.42 Å². The molecule has 0 radical (unpaired) electrons. The van der Waals surface area contributed by atoms with Crippen LogP contribution in [-0.4, -0.2) is 46.7 Å². The Balaban J connectivity index is 3.62. The lowest BCUT2D eigenvalue weighted by Gasteiger charge is -2.08. The van der Waals surface area contributed by atoms with E-state index in [1.165, 1.54) is 0 Å². The smallest absolute Gasteiger partial charge is 0.305 e. The van der Waals surface area contributed by atoms with Crippen molar-refractivity contribution >= 4 is 5.97 Å². The van der Waals surface area contributed by atoms with Gasteiger partial charge in [-0.15, -0.1) is 0 Å². The van der Waals surface area contributed by atoms with Crippen LogP contribution >= 0.6 is 0 Å². The van der Waals surface area contributed by atoms with E-state index < -0.39 is 18.8 Å². The maximum atomic E-state index is 11.4. The molecule has 0 aliphatic carbocycles. The lowest BCUT2D eigenvalue weighted by molar-refractivity contribution is -0.147. The summed E-state index contributed by atoms with van der Waals surface area (Å²) in [5, 5.41) is 27.6. The molecule has 0 heterocycles. The van der Waals surface area contributed by atoms with Crippen LogP contribution in [0.2, 0.25) is 0 Å². The van der Waals surface area contributed by atoms with Crippen LogP contribution in [0.15, 0.2) is 60.8 Å². The highest BCUT2D eigenvalue weighted by Gasteiger charge is 2.07. The van der Waals surface area contributed by atoms with Crippen LogP contribution < -0.4 is 0 Å². The van der Waals surface area contributed by atoms with Crippen LogP contribution in [-0.2, 0) is 9.53 Å². The largest absolute Gasteiger partial charge is 0.463 e. The molecule has 0 aromatic rings. The van der Waals surface area contributed by atoms with Gasteiger partial charge in [0.1, 0.15) is 12.7 Å². The summed E-state index contributed by atoms with van der Waals surface area (Å²) in [5.41, 5.74) is 0. The monoisotopic (exact) mass is 420 g/mol. The van der Waals surface area contributed by atoms with Gasteiger partial charge in [-0.05, 0) is 44.9 Å². The summed E-state index contributed by atoms with van der Waals surface area (Å²) in [6.45, 7) is 1.56. The minimum absolute atomic E-state index is 0.145. The van der Waals surface area contributed by atoms with E-state index in [0.29, 0.717) is 12.8 Å². The topological polar surface area (TPSA) is 87.0 Å². The van der Waals surface area contributed by atoms with Crippen molar-refractivity contribution in [1.82, 2.24) is 0 Å². The molecular formula is C25H40O5. The molecule has 0 aromatic carbocycles. The molecule has 0 saturated heterocycles. The third kappa shape index (κ3) is 20.8. The summed E-state index contributed by atoms with van der Waals surface area (Å²) in [7, 11) is 0. The first kappa shape index (κ1) is 28.1. The second-order valence-electron chi connectivity index (χ2n) is 7.03. The van der Waals surface area contributed by atoms with Gasteiger partial charge in [-0.25, -0.2) is 0 Å². The molecule has 0 aromatic heterocycles. The van der Waals surface area contributed by atoms with Crippen molar-refractivity contribution in [2.24, 2.45) is 0 Å². The van der Waals surface area contributed by atoms with Crippen molar-refractivity contribution in [1.29, 1.82) is 0 Å². The third-order valence-corrected chi connectivity index (χ3v) is 4.14. The molecule has 0 saturated carbocycles. The standard InChI is InChI=1S/C25H40O5/c1-2-3-4-5-12-15-18-23(27)19-16-13-10-8-6-7-9-11-14-17-20-25(29)30-22-24(28)21-26/h3-4,6-7,10,12-13,15-16,19,23-24,26-28H,2,5,8-9,11,14,17-18,20-22H2,1H3. The minimum Gasteiger partial charge on any atom is -0.463 e. The summed E-state index contributed by atoms with van der Waals surface area (Å²) in [5.74, 6) is -0.332. The molecular weight excluding hydrogens is 380 g/mol. The van der Waals surface area contributed by atoms with Crippen molar-refractivity contribution in [3.63, 3.8) is 0 Å². The molecule has 170 valence electrons. The number of carbonyl (C=O) groups is 1. The predicted molar refractivity (Wildman–Crippen MR) is 123 cm³/mol. The number of unbranched alkanes of at least 4 members (excludes halogenated alkanes) is 3. The highest BCUT2D eigenvalue weighted by atomic mass is 16.5. The molecule has 2 unspecified atom stereocenters. The van der Waals surface area contributed by atoms with Gasteiger partial charge < -0.3 is 20.1 Å². The van der Waals surface area contributed by atoms with Gasteiger partial charge in [-0.1, -0.05) is 74.1 Å². The Morgan fingerprint density at radius 2 is 1.63 bits per heavy atom. The Bertz CT molecular complexity index is 546. The maximum Gasteiger partial charge on any atom is 0.305 e. The number of aliphatic hydroxyl groups is 3. The van der Waals surface area contributed by atoms with Gasteiger partial charge in [0.2, 0.25) is 0 Å². The number of aliphatic hydroxyl groups excluding tert-OH is 3. The van der Waals surface area contributed by atoms with Gasteiger partial charge in [0.25, 0.3) is 0 Å². The van der Waals surface area contributed by atoms with E-state index in [0.717, 1.165) is 44.9 Å². The lowest BCUT2D eigenvalue weighted by atomic mass is 10.1. The Morgan fingerprint density at radius 1 is 0.900 bits per heavy atom. The van der Waals surface area contributed by atoms with Gasteiger partial charge in [-0.3, -0.25) is 4.79 Å². The number of carbonyl (C=O) groups excluding carboxylic acids is 1. The summed E-state index contributed by atoms with van der Waals surface area (Å²) < 4.78 is 4.84. The number of rotatable bonds is 18. The quantitative estimate of drug-likeness (QED) is 0.131. The summed E-state index contributed by atoms with van der Waals surface area (Å²) in [6.07, 6.45) is 26.3. The van der Waals surface area contributed by atoms with E-state index in [1.807, 2.05) is 24.3 Å². The Labute approximate surface area is 182 Å². The molecule has 30 heavy (non-hydrogen) atoms. The molecule has 5 nitrogen and oxygen atoms in total. The molecule has 0 aliphatic heterocycles. The predicted octanol–water partition coefficient (Wildman–Crippen LogP) is 4.56. The van der Waals surface area contributed by atoms with Crippen LogP contribution in [0.3, 0.4) is 0 Å². The first-order chi connectivity index (χ1) is 14.6.